The second-order valence-corrected chi connectivity index (χ2v) is 3.57. The quantitative estimate of drug-likeness (QED) is 0.774. The Morgan fingerprint density at radius 1 is 1.06 bits per heavy atom. The van der Waals surface area contributed by atoms with Gasteiger partial charge in [0.25, 0.3) is 0 Å². The molecule has 0 spiro atoms. The standard InChI is InChI=1S/C13H13FN2/c14-11-6-7-12(15)13(8-11)16-9-10-4-2-1-3-5-10/h1-8,16H,9,15H2. The molecule has 0 unspecified atom stereocenters. The molecule has 2 nitrogen and oxygen atoms in total. The minimum absolute atomic E-state index is 0.287. The fraction of sp³-hybridized carbons (Fsp3) is 0.0769. The summed E-state index contributed by atoms with van der Waals surface area (Å²) in [7, 11) is 0. The normalized spacial score (nSPS) is 10.1. The van der Waals surface area contributed by atoms with Crippen molar-refractivity contribution < 1.29 is 4.39 Å². The average molecular weight is 216 g/mol. The molecular formula is C13H13FN2. The van der Waals surface area contributed by atoms with Gasteiger partial charge in [0.15, 0.2) is 0 Å². The Morgan fingerprint density at radius 3 is 2.56 bits per heavy atom. The van der Waals surface area contributed by atoms with Gasteiger partial charge in [-0.15, -0.1) is 0 Å². The number of halogens is 1. The van der Waals surface area contributed by atoms with Crippen LogP contribution in [-0.2, 0) is 6.54 Å². The molecule has 82 valence electrons. The first kappa shape index (κ1) is 10.5. The van der Waals surface area contributed by atoms with E-state index in [2.05, 4.69) is 5.32 Å². The summed E-state index contributed by atoms with van der Waals surface area (Å²) in [6.45, 7) is 0.633. The van der Waals surface area contributed by atoms with Gasteiger partial charge in [-0.2, -0.15) is 0 Å². The van der Waals surface area contributed by atoms with E-state index in [0.29, 0.717) is 17.9 Å². The van der Waals surface area contributed by atoms with Gasteiger partial charge in [0.2, 0.25) is 0 Å². The number of hydrogen-bond donors (Lipinski definition) is 2. The highest BCUT2D eigenvalue weighted by atomic mass is 19.1. The van der Waals surface area contributed by atoms with E-state index in [-0.39, 0.29) is 5.82 Å². The molecule has 0 bridgehead atoms. The highest BCUT2D eigenvalue weighted by Gasteiger charge is 2.00. The molecule has 2 rings (SSSR count). The highest BCUT2D eigenvalue weighted by molar-refractivity contribution is 5.65. The van der Waals surface area contributed by atoms with Gasteiger partial charge in [-0.3, -0.25) is 0 Å². The van der Waals surface area contributed by atoms with E-state index in [1.165, 1.54) is 12.1 Å². The van der Waals surface area contributed by atoms with Crippen LogP contribution in [0.15, 0.2) is 48.5 Å². The molecule has 0 saturated heterocycles. The number of nitrogens with one attached hydrogen (secondary N) is 1. The highest BCUT2D eigenvalue weighted by Crippen LogP contribution is 2.19. The van der Waals surface area contributed by atoms with Crippen LogP contribution >= 0.6 is 0 Å². The van der Waals surface area contributed by atoms with Gasteiger partial charge >= 0.3 is 0 Å². The second kappa shape index (κ2) is 4.66. The second-order valence-electron chi connectivity index (χ2n) is 3.57. The maximum Gasteiger partial charge on any atom is 0.125 e. The molecule has 16 heavy (non-hydrogen) atoms. The molecule has 0 aliphatic heterocycles. The maximum atomic E-state index is 13.0. The summed E-state index contributed by atoms with van der Waals surface area (Å²) in [5.41, 5.74) is 8.04. The van der Waals surface area contributed by atoms with E-state index in [9.17, 15) is 4.39 Å². The Morgan fingerprint density at radius 2 is 1.81 bits per heavy atom. The Hall–Kier alpha value is -2.03. The van der Waals surface area contributed by atoms with Crippen molar-refractivity contribution in [3.63, 3.8) is 0 Å². The number of benzene rings is 2. The lowest BCUT2D eigenvalue weighted by Gasteiger charge is -2.09. The monoisotopic (exact) mass is 216 g/mol. The maximum absolute atomic E-state index is 13.0. The van der Waals surface area contributed by atoms with Crippen LogP contribution in [0.2, 0.25) is 0 Å². The van der Waals surface area contributed by atoms with Crippen LogP contribution in [0.25, 0.3) is 0 Å². The van der Waals surface area contributed by atoms with Gasteiger partial charge in [-0.05, 0) is 23.8 Å². The summed E-state index contributed by atoms with van der Waals surface area (Å²) in [4.78, 5) is 0. The SMILES string of the molecule is Nc1ccc(F)cc1NCc1ccccc1. The van der Waals surface area contributed by atoms with Crippen LogP contribution in [-0.4, -0.2) is 0 Å². The summed E-state index contributed by atoms with van der Waals surface area (Å²) in [6.07, 6.45) is 0. The Bertz CT molecular complexity index is 469. The van der Waals surface area contributed by atoms with Crippen LogP contribution in [0.4, 0.5) is 15.8 Å². The molecule has 0 atom stereocenters. The van der Waals surface area contributed by atoms with Gasteiger partial charge in [0.05, 0.1) is 11.4 Å². The van der Waals surface area contributed by atoms with Crippen molar-refractivity contribution >= 4 is 11.4 Å². The molecule has 0 saturated carbocycles. The molecule has 0 fully saturated rings. The average Bonchev–Trinajstić information content (AvgIpc) is 2.32. The van der Waals surface area contributed by atoms with Crippen LogP contribution in [0.5, 0.6) is 0 Å². The first-order chi connectivity index (χ1) is 7.75. The largest absolute Gasteiger partial charge is 0.397 e. The number of rotatable bonds is 3. The van der Waals surface area contributed by atoms with E-state index < -0.39 is 0 Å². The number of nitrogens with two attached hydrogens (primary N) is 1. The number of hydrogen-bond acceptors (Lipinski definition) is 2. The summed E-state index contributed by atoms with van der Waals surface area (Å²) in [5.74, 6) is -0.287. The minimum atomic E-state index is -0.287. The van der Waals surface area contributed by atoms with Gasteiger partial charge in [-0.25, -0.2) is 4.39 Å². The van der Waals surface area contributed by atoms with E-state index in [4.69, 9.17) is 5.73 Å². The summed E-state index contributed by atoms with van der Waals surface area (Å²) < 4.78 is 13.0. The molecule has 3 N–H and O–H groups in total. The predicted octanol–water partition coefficient (Wildman–Crippen LogP) is 3.02. The van der Waals surface area contributed by atoms with E-state index in [1.807, 2.05) is 30.3 Å². The van der Waals surface area contributed by atoms with E-state index >= 15 is 0 Å². The zero-order chi connectivity index (χ0) is 11.4. The third-order valence-corrected chi connectivity index (χ3v) is 2.34. The summed E-state index contributed by atoms with van der Waals surface area (Å²) >= 11 is 0. The van der Waals surface area contributed by atoms with Gasteiger partial charge < -0.3 is 11.1 Å². The predicted molar refractivity (Wildman–Crippen MR) is 64.6 cm³/mol. The van der Waals surface area contributed by atoms with E-state index in [0.717, 1.165) is 5.56 Å². The van der Waals surface area contributed by atoms with Crippen molar-refractivity contribution in [1.82, 2.24) is 0 Å². The molecule has 0 aliphatic rings. The zero-order valence-electron chi connectivity index (χ0n) is 8.78. The van der Waals surface area contributed by atoms with Crippen LogP contribution in [0.1, 0.15) is 5.56 Å². The first-order valence-corrected chi connectivity index (χ1v) is 5.08. The fourth-order valence-electron chi connectivity index (χ4n) is 1.47. The molecule has 0 aromatic heterocycles. The van der Waals surface area contributed by atoms with Gasteiger partial charge in [-0.1, -0.05) is 30.3 Å². The van der Waals surface area contributed by atoms with Crippen molar-refractivity contribution in [3.8, 4) is 0 Å². The van der Waals surface area contributed by atoms with Crippen molar-refractivity contribution in [2.24, 2.45) is 0 Å². The minimum Gasteiger partial charge on any atom is -0.397 e. The Kier molecular flexibility index (Phi) is 3.05. The Balaban J connectivity index is 2.08. The lowest BCUT2D eigenvalue weighted by Crippen LogP contribution is -2.02. The number of anilines is 2. The van der Waals surface area contributed by atoms with Crippen LogP contribution in [0, 0.1) is 5.82 Å². The van der Waals surface area contributed by atoms with Crippen molar-refractivity contribution in [1.29, 1.82) is 0 Å². The lowest BCUT2D eigenvalue weighted by molar-refractivity contribution is 0.628. The van der Waals surface area contributed by atoms with Crippen molar-refractivity contribution in [2.45, 2.75) is 6.54 Å². The zero-order valence-corrected chi connectivity index (χ0v) is 8.78. The fourth-order valence-corrected chi connectivity index (χ4v) is 1.47. The summed E-state index contributed by atoms with van der Waals surface area (Å²) in [6, 6.07) is 14.2. The summed E-state index contributed by atoms with van der Waals surface area (Å²) in [5, 5.41) is 3.11. The van der Waals surface area contributed by atoms with Crippen LogP contribution < -0.4 is 11.1 Å². The topological polar surface area (TPSA) is 38.0 Å². The molecule has 2 aromatic carbocycles. The van der Waals surface area contributed by atoms with E-state index in [1.54, 1.807) is 6.07 Å². The smallest absolute Gasteiger partial charge is 0.125 e. The molecule has 2 aromatic rings. The molecule has 0 heterocycles. The molecule has 0 aliphatic carbocycles. The molecule has 3 heteroatoms. The molecule has 0 amide bonds. The third-order valence-electron chi connectivity index (χ3n) is 2.34. The van der Waals surface area contributed by atoms with Crippen LogP contribution in [0.3, 0.4) is 0 Å². The number of nitrogen functional groups attached to an aromatic ring is 1. The first-order valence-electron chi connectivity index (χ1n) is 5.08. The Labute approximate surface area is 93.9 Å². The lowest BCUT2D eigenvalue weighted by atomic mass is 10.2. The molecule has 0 radical (unpaired) electrons. The molecular weight excluding hydrogens is 203 g/mol. The third kappa shape index (κ3) is 2.51. The van der Waals surface area contributed by atoms with Gasteiger partial charge in [0.1, 0.15) is 5.82 Å². The van der Waals surface area contributed by atoms with Gasteiger partial charge in [0, 0.05) is 6.54 Å². The van der Waals surface area contributed by atoms with Crippen molar-refractivity contribution in [3.05, 3.63) is 59.9 Å². The van der Waals surface area contributed by atoms with Crippen molar-refractivity contribution in [2.75, 3.05) is 11.1 Å².